The van der Waals surface area contributed by atoms with Crippen LogP contribution in [-0.4, -0.2) is 41.9 Å². The van der Waals surface area contributed by atoms with Crippen molar-refractivity contribution in [3.05, 3.63) is 70.1 Å². The Morgan fingerprint density at radius 2 is 1.67 bits per heavy atom. The van der Waals surface area contributed by atoms with Crippen LogP contribution < -0.4 is 25.1 Å². The quantitative estimate of drug-likeness (QED) is 0.396. The Balaban J connectivity index is 1.62. The monoisotopic (exact) mass is 490 g/mol. The number of nitrogens with zero attached hydrogens (tertiary/aromatic N) is 3. The van der Waals surface area contributed by atoms with Gasteiger partial charge in [-0.05, 0) is 61.9 Å². The standard InChI is InChI=1S/C26H26N4O6/c1-15-12-16(2)30(14-22(31)27-20-11-10-19(34-4)13-21(20)35-5)26(32)23(15)25-28-24(29-36-25)17-6-8-18(33-3)9-7-17/h6-13H,14H2,1-5H3,(H,27,31). The van der Waals surface area contributed by atoms with Crippen molar-refractivity contribution in [2.24, 2.45) is 0 Å². The average Bonchev–Trinajstić information content (AvgIpc) is 3.36. The van der Waals surface area contributed by atoms with Crippen molar-refractivity contribution < 1.29 is 23.5 Å². The summed E-state index contributed by atoms with van der Waals surface area (Å²) < 4.78 is 22.5. The summed E-state index contributed by atoms with van der Waals surface area (Å²) in [6, 6.07) is 14.0. The SMILES string of the molecule is COc1ccc(-c2noc(-c3c(C)cc(C)n(CC(=O)Nc4ccc(OC)cc4OC)c3=O)n2)cc1. The molecule has 1 amide bonds. The summed E-state index contributed by atoms with van der Waals surface area (Å²) in [4.78, 5) is 30.7. The van der Waals surface area contributed by atoms with Gasteiger partial charge in [0.15, 0.2) is 0 Å². The second-order valence-electron chi connectivity index (χ2n) is 8.00. The molecule has 1 N–H and O–H groups in total. The third-order valence-corrected chi connectivity index (χ3v) is 5.68. The average molecular weight is 491 g/mol. The van der Waals surface area contributed by atoms with Crippen LogP contribution in [0.1, 0.15) is 11.3 Å². The minimum atomic E-state index is -0.408. The number of benzene rings is 2. The largest absolute Gasteiger partial charge is 0.497 e. The van der Waals surface area contributed by atoms with Crippen LogP contribution >= 0.6 is 0 Å². The fourth-order valence-electron chi connectivity index (χ4n) is 3.80. The molecule has 0 fully saturated rings. The van der Waals surface area contributed by atoms with Gasteiger partial charge in [-0.2, -0.15) is 4.98 Å². The lowest BCUT2D eigenvalue weighted by molar-refractivity contribution is -0.116. The predicted octanol–water partition coefficient (Wildman–Crippen LogP) is 3.85. The molecule has 0 spiro atoms. The number of aromatic nitrogens is 3. The molecule has 36 heavy (non-hydrogen) atoms. The zero-order chi connectivity index (χ0) is 25.8. The van der Waals surface area contributed by atoms with Crippen LogP contribution in [0.2, 0.25) is 0 Å². The number of aryl methyl sites for hydroxylation is 2. The van der Waals surface area contributed by atoms with Gasteiger partial charge in [0.25, 0.3) is 11.4 Å². The normalized spacial score (nSPS) is 10.7. The highest BCUT2D eigenvalue weighted by molar-refractivity contribution is 5.92. The van der Waals surface area contributed by atoms with Gasteiger partial charge in [0.1, 0.15) is 29.4 Å². The molecule has 10 heteroatoms. The number of carbonyl (C=O) groups excluding carboxylic acids is 1. The lowest BCUT2D eigenvalue weighted by Gasteiger charge is -2.15. The highest BCUT2D eigenvalue weighted by Gasteiger charge is 2.20. The Morgan fingerprint density at radius 1 is 0.972 bits per heavy atom. The van der Waals surface area contributed by atoms with Gasteiger partial charge in [0, 0.05) is 17.3 Å². The van der Waals surface area contributed by atoms with Gasteiger partial charge >= 0.3 is 0 Å². The van der Waals surface area contributed by atoms with Crippen molar-refractivity contribution >= 4 is 11.6 Å². The van der Waals surface area contributed by atoms with Crippen LogP contribution in [-0.2, 0) is 11.3 Å². The first kappa shape index (κ1) is 24.5. The number of methoxy groups -OCH3 is 3. The number of pyridine rings is 1. The molecule has 2 heterocycles. The van der Waals surface area contributed by atoms with E-state index in [0.717, 1.165) is 0 Å². The van der Waals surface area contributed by atoms with E-state index < -0.39 is 11.5 Å². The van der Waals surface area contributed by atoms with Crippen molar-refractivity contribution in [1.29, 1.82) is 0 Å². The fraction of sp³-hybridized carbons (Fsp3) is 0.231. The van der Waals surface area contributed by atoms with Crippen LogP contribution in [0, 0.1) is 13.8 Å². The number of hydrogen-bond acceptors (Lipinski definition) is 8. The van der Waals surface area contributed by atoms with Crippen LogP contribution in [0.25, 0.3) is 22.8 Å². The third-order valence-electron chi connectivity index (χ3n) is 5.68. The number of rotatable bonds is 8. The molecule has 0 radical (unpaired) electrons. The minimum Gasteiger partial charge on any atom is -0.497 e. The van der Waals surface area contributed by atoms with Gasteiger partial charge < -0.3 is 28.6 Å². The van der Waals surface area contributed by atoms with E-state index in [9.17, 15) is 9.59 Å². The maximum Gasteiger partial charge on any atom is 0.264 e. The molecule has 10 nitrogen and oxygen atoms in total. The predicted molar refractivity (Wildman–Crippen MR) is 134 cm³/mol. The summed E-state index contributed by atoms with van der Waals surface area (Å²) >= 11 is 0. The summed E-state index contributed by atoms with van der Waals surface area (Å²) in [7, 11) is 4.62. The molecule has 2 aromatic heterocycles. The lowest BCUT2D eigenvalue weighted by atomic mass is 10.1. The van der Waals surface area contributed by atoms with Crippen LogP contribution in [0.5, 0.6) is 17.2 Å². The van der Waals surface area contributed by atoms with Crippen LogP contribution in [0.4, 0.5) is 5.69 Å². The molecular weight excluding hydrogens is 464 g/mol. The summed E-state index contributed by atoms with van der Waals surface area (Å²) in [5.74, 6) is 1.74. The van der Waals surface area contributed by atoms with E-state index in [1.165, 1.54) is 11.7 Å². The van der Waals surface area contributed by atoms with E-state index in [0.29, 0.717) is 45.6 Å². The summed E-state index contributed by atoms with van der Waals surface area (Å²) in [6.07, 6.45) is 0. The van der Waals surface area contributed by atoms with E-state index in [2.05, 4.69) is 15.5 Å². The van der Waals surface area contributed by atoms with Gasteiger partial charge in [-0.3, -0.25) is 9.59 Å². The van der Waals surface area contributed by atoms with Crippen molar-refractivity contribution in [1.82, 2.24) is 14.7 Å². The van der Waals surface area contributed by atoms with Gasteiger partial charge in [0.2, 0.25) is 11.7 Å². The highest BCUT2D eigenvalue weighted by Crippen LogP contribution is 2.29. The summed E-state index contributed by atoms with van der Waals surface area (Å²) in [6.45, 7) is 3.33. The van der Waals surface area contributed by atoms with E-state index in [1.54, 1.807) is 76.6 Å². The van der Waals surface area contributed by atoms with Crippen LogP contribution in [0.3, 0.4) is 0 Å². The van der Waals surface area contributed by atoms with Crippen molar-refractivity contribution in [3.8, 4) is 40.1 Å². The van der Waals surface area contributed by atoms with Crippen molar-refractivity contribution in [3.63, 3.8) is 0 Å². The van der Waals surface area contributed by atoms with Gasteiger partial charge in [-0.15, -0.1) is 0 Å². The number of amides is 1. The molecule has 0 aliphatic carbocycles. The van der Waals surface area contributed by atoms with E-state index >= 15 is 0 Å². The molecular formula is C26H26N4O6. The first-order chi connectivity index (χ1) is 17.3. The zero-order valence-corrected chi connectivity index (χ0v) is 20.6. The zero-order valence-electron chi connectivity index (χ0n) is 20.6. The molecule has 0 saturated carbocycles. The van der Waals surface area contributed by atoms with Gasteiger partial charge in [-0.25, -0.2) is 0 Å². The fourth-order valence-corrected chi connectivity index (χ4v) is 3.80. The molecule has 0 saturated heterocycles. The Labute approximate surface area is 207 Å². The first-order valence-corrected chi connectivity index (χ1v) is 11.1. The van der Waals surface area contributed by atoms with E-state index in [1.807, 2.05) is 0 Å². The molecule has 4 aromatic rings. The maximum absolute atomic E-state index is 13.4. The molecule has 0 unspecified atom stereocenters. The maximum atomic E-state index is 13.4. The molecule has 2 aromatic carbocycles. The minimum absolute atomic E-state index is 0.0781. The van der Waals surface area contributed by atoms with E-state index in [4.69, 9.17) is 18.7 Å². The first-order valence-electron chi connectivity index (χ1n) is 11.1. The number of carbonyl (C=O) groups is 1. The number of ether oxygens (including phenoxy) is 3. The van der Waals surface area contributed by atoms with E-state index in [-0.39, 0.29) is 18.0 Å². The van der Waals surface area contributed by atoms with Crippen molar-refractivity contribution in [2.45, 2.75) is 20.4 Å². The summed E-state index contributed by atoms with van der Waals surface area (Å²) in [5.41, 5.74) is 2.28. The second-order valence-corrected chi connectivity index (χ2v) is 8.00. The lowest BCUT2D eigenvalue weighted by Crippen LogP contribution is -2.30. The van der Waals surface area contributed by atoms with Gasteiger partial charge in [0.05, 0.1) is 27.0 Å². The smallest absolute Gasteiger partial charge is 0.264 e. The Kier molecular flexibility index (Phi) is 7.05. The topological polar surface area (TPSA) is 118 Å². The summed E-state index contributed by atoms with van der Waals surface area (Å²) in [5, 5.41) is 6.81. The Hall–Kier alpha value is -4.60. The van der Waals surface area contributed by atoms with Gasteiger partial charge in [-0.1, -0.05) is 5.16 Å². The number of nitrogens with one attached hydrogen (secondary N) is 1. The molecule has 186 valence electrons. The molecule has 0 aliphatic rings. The third kappa shape index (κ3) is 4.92. The van der Waals surface area contributed by atoms with Crippen molar-refractivity contribution in [2.75, 3.05) is 26.6 Å². The Bertz CT molecular complexity index is 1460. The molecule has 4 rings (SSSR count). The number of anilines is 1. The number of hydrogen-bond donors (Lipinski definition) is 1. The second kappa shape index (κ2) is 10.3. The highest BCUT2D eigenvalue weighted by atomic mass is 16.5. The molecule has 0 atom stereocenters. The Morgan fingerprint density at radius 3 is 2.33 bits per heavy atom. The van der Waals surface area contributed by atoms with Crippen LogP contribution in [0.15, 0.2) is 57.8 Å². The molecule has 0 aliphatic heterocycles. The molecule has 0 bridgehead atoms.